The minimum absolute atomic E-state index is 0.126. The van der Waals surface area contributed by atoms with Gasteiger partial charge >= 0.3 is 5.97 Å². The van der Waals surface area contributed by atoms with Gasteiger partial charge in [0.25, 0.3) is 0 Å². The molecule has 0 radical (unpaired) electrons. The van der Waals surface area contributed by atoms with E-state index in [0.717, 1.165) is 19.6 Å². The van der Waals surface area contributed by atoms with Crippen molar-refractivity contribution in [2.45, 2.75) is 35.4 Å². The van der Waals surface area contributed by atoms with Crippen LogP contribution in [0.25, 0.3) is 0 Å². The zero-order valence-electron chi connectivity index (χ0n) is 19.7. The lowest BCUT2D eigenvalue weighted by Crippen LogP contribution is -2.57. The maximum absolute atomic E-state index is 14.1. The van der Waals surface area contributed by atoms with Gasteiger partial charge in [-0.1, -0.05) is 18.2 Å². The van der Waals surface area contributed by atoms with Crippen LogP contribution >= 0.6 is 11.8 Å². The van der Waals surface area contributed by atoms with Crippen LogP contribution in [0.3, 0.4) is 0 Å². The summed E-state index contributed by atoms with van der Waals surface area (Å²) in [5.41, 5.74) is 0. The van der Waals surface area contributed by atoms with Crippen LogP contribution in [0, 0.1) is 11.8 Å². The predicted octanol–water partition coefficient (Wildman–Crippen LogP) is -0.102. The summed E-state index contributed by atoms with van der Waals surface area (Å²) in [4.78, 5) is 46.7. The molecule has 5 aliphatic rings. The molecule has 3 fully saturated rings. The van der Waals surface area contributed by atoms with E-state index in [2.05, 4.69) is 4.90 Å². The van der Waals surface area contributed by atoms with E-state index in [9.17, 15) is 19.5 Å². The number of amides is 2. The Morgan fingerprint density at radius 2 is 1.88 bits per heavy atom. The van der Waals surface area contributed by atoms with Gasteiger partial charge in [-0.2, -0.15) is 0 Å². The van der Waals surface area contributed by atoms with E-state index in [-0.39, 0.29) is 25.0 Å². The highest BCUT2D eigenvalue weighted by atomic mass is 32.2. The number of rotatable bonds is 5. The van der Waals surface area contributed by atoms with Gasteiger partial charge in [-0.05, 0) is 19.9 Å². The Kier molecular flexibility index (Phi) is 6.29. The Morgan fingerprint density at radius 1 is 1.12 bits per heavy atom. The molecule has 6 atom stereocenters. The second-order valence-electron chi connectivity index (χ2n) is 9.95. The average molecular weight is 492 g/mol. The lowest BCUT2D eigenvalue weighted by Gasteiger charge is -2.39. The van der Waals surface area contributed by atoms with E-state index in [1.165, 1.54) is 11.8 Å². The second-order valence-corrected chi connectivity index (χ2v) is 11.7. The molecule has 5 heterocycles. The predicted molar refractivity (Wildman–Crippen MR) is 126 cm³/mol. The van der Waals surface area contributed by atoms with Gasteiger partial charge in [0.05, 0.1) is 42.4 Å². The first kappa shape index (κ1) is 23.8. The third kappa shape index (κ3) is 3.61. The number of ether oxygens (including phenoxy) is 2. The number of hydrogen-bond donors (Lipinski definition) is 1. The minimum atomic E-state index is -0.897. The molecule has 1 spiro atoms. The molecule has 0 aromatic heterocycles. The molecule has 186 valence electrons. The van der Waals surface area contributed by atoms with Gasteiger partial charge in [0.15, 0.2) is 0 Å². The van der Waals surface area contributed by atoms with Gasteiger partial charge in [0.1, 0.15) is 12.6 Å². The Hall–Kier alpha value is -1.88. The highest BCUT2D eigenvalue weighted by Crippen LogP contribution is 2.65. The first-order chi connectivity index (χ1) is 16.3. The number of likely N-dealkylation sites (tertiary alicyclic amines) is 1. The summed E-state index contributed by atoms with van der Waals surface area (Å²) in [5, 5.41) is 9.98. The number of thioether (sulfide) groups is 1. The standard InChI is InChI=1S/C24H33N3O6S/c1-16(15-28)27-19-21(30)26(9-8-25-10-13-32-14-11-25)7-3-6-24(19)17(20(27)29)18-22(31)33-12-4-5-23(18,2)34-24/h3-6,16-19,28H,7-15H2,1-2H3/t16-,17+,18+,19?,23-,24+/m1/s1. The molecule has 5 aliphatic heterocycles. The fourth-order valence-electron chi connectivity index (χ4n) is 6.19. The highest BCUT2D eigenvalue weighted by molar-refractivity contribution is 8.02. The van der Waals surface area contributed by atoms with Crippen LogP contribution in [0.1, 0.15) is 13.8 Å². The smallest absolute Gasteiger partial charge is 0.311 e. The molecule has 1 N–H and O–H groups in total. The normalized spacial score (nSPS) is 38.8. The minimum Gasteiger partial charge on any atom is -0.461 e. The van der Waals surface area contributed by atoms with Gasteiger partial charge in [0.2, 0.25) is 11.8 Å². The van der Waals surface area contributed by atoms with Gasteiger partial charge < -0.3 is 24.4 Å². The van der Waals surface area contributed by atoms with Crippen LogP contribution in [0.15, 0.2) is 24.3 Å². The van der Waals surface area contributed by atoms with Gasteiger partial charge in [-0.3, -0.25) is 19.3 Å². The third-order valence-electron chi connectivity index (χ3n) is 7.86. The molecule has 0 aromatic carbocycles. The average Bonchev–Trinajstić information content (AvgIpc) is 3.10. The molecule has 0 saturated carbocycles. The summed E-state index contributed by atoms with van der Waals surface area (Å²) >= 11 is 1.52. The van der Waals surface area contributed by atoms with Gasteiger partial charge in [-0.25, -0.2) is 0 Å². The molecule has 10 heteroatoms. The summed E-state index contributed by atoms with van der Waals surface area (Å²) < 4.78 is 9.30. The van der Waals surface area contributed by atoms with Crippen molar-refractivity contribution in [3.05, 3.63) is 24.3 Å². The topological polar surface area (TPSA) is 99.6 Å². The van der Waals surface area contributed by atoms with Crippen molar-refractivity contribution < 1.29 is 29.0 Å². The number of carbonyl (C=O) groups is 3. The van der Waals surface area contributed by atoms with Crippen LogP contribution < -0.4 is 0 Å². The van der Waals surface area contributed by atoms with Gasteiger partial charge in [0, 0.05) is 37.5 Å². The molecule has 9 nitrogen and oxygen atoms in total. The van der Waals surface area contributed by atoms with Crippen LogP contribution in [0.4, 0.5) is 0 Å². The SMILES string of the molecule is C[C@H](CO)N1C(=O)[C@@H]2[C@H]3C(=O)OCC=C[C@@]3(C)S[C@@]23C=CCN(CCN2CCOCC2)C(=O)C13. The van der Waals surface area contributed by atoms with Crippen molar-refractivity contribution in [2.75, 3.05) is 59.2 Å². The third-order valence-corrected chi connectivity index (χ3v) is 9.66. The number of carbonyl (C=O) groups excluding carboxylic acids is 3. The molecule has 3 saturated heterocycles. The molecular weight excluding hydrogens is 458 g/mol. The van der Waals surface area contributed by atoms with Crippen LogP contribution in [-0.2, 0) is 23.9 Å². The van der Waals surface area contributed by atoms with Crippen molar-refractivity contribution >= 4 is 29.5 Å². The van der Waals surface area contributed by atoms with Crippen molar-refractivity contribution in [3.8, 4) is 0 Å². The number of aliphatic hydroxyl groups is 1. The fourth-order valence-corrected chi connectivity index (χ4v) is 8.33. The van der Waals surface area contributed by atoms with Crippen LogP contribution in [-0.4, -0.2) is 118 Å². The monoisotopic (exact) mass is 491 g/mol. The van der Waals surface area contributed by atoms with E-state index in [1.54, 1.807) is 11.8 Å². The molecule has 0 aromatic rings. The highest BCUT2D eigenvalue weighted by Gasteiger charge is 2.74. The summed E-state index contributed by atoms with van der Waals surface area (Å²) in [6, 6.07) is -1.33. The molecule has 0 aliphatic carbocycles. The van der Waals surface area contributed by atoms with Crippen molar-refractivity contribution in [1.82, 2.24) is 14.7 Å². The molecule has 0 bridgehead atoms. The molecular formula is C24H33N3O6S. The Bertz CT molecular complexity index is 920. The first-order valence-corrected chi connectivity index (χ1v) is 12.9. The quantitative estimate of drug-likeness (QED) is 0.421. The first-order valence-electron chi connectivity index (χ1n) is 12.1. The summed E-state index contributed by atoms with van der Waals surface area (Å²) in [6.07, 6.45) is 7.75. The summed E-state index contributed by atoms with van der Waals surface area (Å²) in [7, 11) is 0. The maximum Gasteiger partial charge on any atom is 0.311 e. The largest absolute Gasteiger partial charge is 0.461 e. The van der Waals surface area contributed by atoms with Crippen molar-refractivity contribution in [3.63, 3.8) is 0 Å². The maximum atomic E-state index is 14.1. The van der Waals surface area contributed by atoms with Crippen LogP contribution in [0.5, 0.6) is 0 Å². The molecule has 2 amide bonds. The molecule has 34 heavy (non-hydrogen) atoms. The number of fused-ring (bicyclic) bond motifs is 2. The van der Waals surface area contributed by atoms with E-state index in [0.29, 0.717) is 26.3 Å². The van der Waals surface area contributed by atoms with Crippen molar-refractivity contribution in [1.29, 1.82) is 0 Å². The number of morpholine rings is 1. The Labute approximate surface area is 204 Å². The second kappa shape index (κ2) is 8.96. The zero-order chi connectivity index (χ0) is 24.1. The molecule has 1 unspecified atom stereocenters. The van der Waals surface area contributed by atoms with Crippen molar-refractivity contribution in [2.24, 2.45) is 11.8 Å². The van der Waals surface area contributed by atoms with E-state index in [4.69, 9.17) is 9.47 Å². The summed E-state index contributed by atoms with van der Waals surface area (Å²) in [6.45, 7) is 8.43. The van der Waals surface area contributed by atoms with Gasteiger partial charge in [-0.15, -0.1) is 11.8 Å². The van der Waals surface area contributed by atoms with E-state index in [1.807, 2.05) is 36.1 Å². The number of cyclic esters (lactones) is 1. The number of nitrogens with zero attached hydrogens (tertiary/aromatic N) is 3. The van der Waals surface area contributed by atoms with E-state index < -0.39 is 39.4 Å². The lowest BCUT2D eigenvalue weighted by atomic mass is 9.75. The lowest BCUT2D eigenvalue weighted by molar-refractivity contribution is -0.153. The number of hydrogen-bond acceptors (Lipinski definition) is 8. The summed E-state index contributed by atoms with van der Waals surface area (Å²) in [5.74, 6) is -2.20. The Morgan fingerprint density at radius 3 is 2.62 bits per heavy atom. The number of aliphatic hydroxyl groups excluding tert-OH is 1. The zero-order valence-corrected chi connectivity index (χ0v) is 20.5. The fraction of sp³-hybridized carbons (Fsp3) is 0.708. The number of esters is 1. The van der Waals surface area contributed by atoms with Crippen LogP contribution in [0.2, 0.25) is 0 Å². The molecule has 5 rings (SSSR count). The van der Waals surface area contributed by atoms with E-state index >= 15 is 0 Å². The Balaban J connectivity index is 1.51.